The molecule has 1 fully saturated rings. The van der Waals surface area contributed by atoms with Gasteiger partial charge in [-0.15, -0.1) is 0 Å². The molecule has 98 valence electrons. The van der Waals surface area contributed by atoms with Crippen LogP contribution in [0.1, 0.15) is 18.4 Å². The second kappa shape index (κ2) is 5.41. The Morgan fingerprint density at radius 3 is 2.68 bits per heavy atom. The molecule has 1 aromatic heterocycles. The fourth-order valence-corrected chi connectivity index (χ4v) is 2.20. The summed E-state index contributed by atoms with van der Waals surface area (Å²) in [6.07, 6.45) is 6.26. The Labute approximate surface area is 113 Å². The normalized spacial score (nSPS) is 14.4. The number of nitrogens with one attached hydrogen (secondary N) is 1. The smallest absolute Gasteiger partial charge is 0.119 e. The lowest BCUT2D eigenvalue weighted by Crippen LogP contribution is -2.16. The molecule has 3 nitrogen and oxygen atoms in total. The number of benzene rings is 1. The van der Waals surface area contributed by atoms with E-state index >= 15 is 0 Å². The number of hydrogen-bond donors (Lipinski definition) is 1. The average molecular weight is 254 g/mol. The van der Waals surface area contributed by atoms with Gasteiger partial charge in [0, 0.05) is 25.0 Å². The minimum absolute atomic E-state index is 0.705. The van der Waals surface area contributed by atoms with Gasteiger partial charge in [-0.25, -0.2) is 0 Å². The topological polar surface area (TPSA) is 34.1 Å². The maximum Gasteiger partial charge on any atom is 0.119 e. The SMILES string of the molecule is COc1ccc(-c2ccncc2)c(CNC2CC2)c1. The van der Waals surface area contributed by atoms with Gasteiger partial charge in [-0.1, -0.05) is 6.07 Å². The Morgan fingerprint density at radius 1 is 1.21 bits per heavy atom. The van der Waals surface area contributed by atoms with Crippen molar-refractivity contribution in [1.29, 1.82) is 0 Å². The molecule has 0 saturated heterocycles. The highest BCUT2D eigenvalue weighted by molar-refractivity contribution is 5.68. The van der Waals surface area contributed by atoms with Gasteiger partial charge in [-0.05, 0) is 53.8 Å². The Kier molecular flexibility index (Phi) is 3.47. The van der Waals surface area contributed by atoms with Crippen molar-refractivity contribution in [3.05, 3.63) is 48.3 Å². The lowest BCUT2D eigenvalue weighted by atomic mass is 10.00. The second-order valence-corrected chi connectivity index (χ2v) is 4.91. The number of aromatic nitrogens is 1. The van der Waals surface area contributed by atoms with E-state index in [1.165, 1.54) is 29.5 Å². The predicted octanol–water partition coefficient (Wildman–Crippen LogP) is 3.01. The van der Waals surface area contributed by atoms with Gasteiger partial charge >= 0.3 is 0 Å². The van der Waals surface area contributed by atoms with E-state index in [1.54, 1.807) is 7.11 Å². The number of rotatable bonds is 5. The van der Waals surface area contributed by atoms with Crippen molar-refractivity contribution < 1.29 is 4.74 Å². The highest BCUT2D eigenvalue weighted by atomic mass is 16.5. The van der Waals surface area contributed by atoms with E-state index in [2.05, 4.69) is 22.4 Å². The van der Waals surface area contributed by atoms with E-state index < -0.39 is 0 Å². The molecule has 3 rings (SSSR count). The predicted molar refractivity (Wildman–Crippen MR) is 76.1 cm³/mol. The van der Waals surface area contributed by atoms with Crippen LogP contribution in [0.25, 0.3) is 11.1 Å². The fourth-order valence-electron chi connectivity index (χ4n) is 2.20. The molecule has 1 aliphatic carbocycles. The zero-order chi connectivity index (χ0) is 13.1. The third kappa shape index (κ3) is 2.93. The van der Waals surface area contributed by atoms with Crippen molar-refractivity contribution in [2.45, 2.75) is 25.4 Å². The van der Waals surface area contributed by atoms with Crippen molar-refractivity contribution >= 4 is 0 Å². The van der Waals surface area contributed by atoms with Crippen molar-refractivity contribution in [1.82, 2.24) is 10.3 Å². The first kappa shape index (κ1) is 12.2. The maximum atomic E-state index is 5.33. The second-order valence-electron chi connectivity index (χ2n) is 4.91. The number of ether oxygens (including phenoxy) is 1. The van der Waals surface area contributed by atoms with Crippen LogP contribution in [-0.2, 0) is 6.54 Å². The van der Waals surface area contributed by atoms with Crippen molar-refractivity contribution in [2.24, 2.45) is 0 Å². The van der Waals surface area contributed by atoms with Crippen LogP contribution in [-0.4, -0.2) is 18.1 Å². The first-order valence-corrected chi connectivity index (χ1v) is 6.67. The zero-order valence-electron chi connectivity index (χ0n) is 11.1. The van der Waals surface area contributed by atoms with Crippen molar-refractivity contribution in [2.75, 3.05) is 7.11 Å². The lowest BCUT2D eigenvalue weighted by Gasteiger charge is -2.12. The van der Waals surface area contributed by atoms with Crippen LogP contribution in [0.3, 0.4) is 0 Å². The van der Waals surface area contributed by atoms with Crippen LogP contribution in [0, 0.1) is 0 Å². The molecule has 0 bridgehead atoms. The average Bonchev–Trinajstić information content (AvgIpc) is 3.30. The number of methoxy groups -OCH3 is 1. The van der Waals surface area contributed by atoms with Crippen LogP contribution in [0.5, 0.6) is 5.75 Å². The summed E-state index contributed by atoms with van der Waals surface area (Å²) < 4.78 is 5.33. The molecule has 3 heteroatoms. The number of nitrogens with zero attached hydrogens (tertiary/aromatic N) is 1. The van der Waals surface area contributed by atoms with Gasteiger partial charge in [0.25, 0.3) is 0 Å². The Morgan fingerprint density at radius 2 is 2.00 bits per heavy atom. The summed E-state index contributed by atoms with van der Waals surface area (Å²) in [5, 5.41) is 3.56. The molecule has 0 atom stereocenters. The van der Waals surface area contributed by atoms with Crippen molar-refractivity contribution in [3.63, 3.8) is 0 Å². The molecule has 1 aromatic carbocycles. The molecule has 0 aliphatic heterocycles. The van der Waals surface area contributed by atoms with Crippen LogP contribution in [0.2, 0.25) is 0 Å². The van der Waals surface area contributed by atoms with Gasteiger partial charge < -0.3 is 10.1 Å². The number of hydrogen-bond acceptors (Lipinski definition) is 3. The van der Waals surface area contributed by atoms with Crippen molar-refractivity contribution in [3.8, 4) is 16.9 Å². The monoisotopic (exact) mass is 254 g/mol. The molecule has 1 aliphatic rings. The first-order valence-electron chi connectivity index (χ1n) is 6.67. The van der Waals surface area contributed by atoms with Gasteiger partial charge in [0.2, 0.25) is 0 Å². The molecule has 1 N–H and O–H groups in total. The molecule has 0 radical (unpaired) electrons. The Balaban J connectivity index is 1.92. The maximum absolute atomic E-state index is 5.33. The third-order valence-electron chi connectivity index (χ3n) is 3.46. The third-order valence-corrected chi connectivity index (χ3v) is 3.46. The molecular formula is C16H18N2O. The summed E-state index contributed by atoms with van der Waals surface area (Å²) in [4.78, 5) is 4.08. The molecule has 1 heterocycles. The standard InChI is InChI=1S/C16H18N2O/c1-19-15-4-5-16(12-6-8-17-9-7-12)13(10-15)11-18-14-2-3-14/h4-10,14,18H,2-3,11H2,1H3. The molecule has 1 saturated carbocycles. The van der Waals surface area contributed by atoms with E-state index in [4.69, 9.17) is 4.74 Å². The highest BCUT2D eigenvalue weighted by Crippen LogP contribution is 2.28. The summed E-state index contributed by atoms with van der Waals surface area (Å²) in [5.74, 6) is 0.908. The quantitative estimate of drug-likeness (QED) is 0.890. The Bertz CT molecular complexity index is 550. The zero-order valence-corrected chi connectivity index (χ0v) is 11.1. The van der Waals surface area contributed by atoms with E-state index in [0.717, 1.165) is 12.3 Å². The number of pyridine rings is 1. The Hall–Kier alpha value is -1.87. The van der Waals surface area contributed by atoms with E-state index in [1.807, 2.05) is 30.6 Å². The summed E-state index contributed by atoms with van der Waals surface area (Å²) in [6.45, 7) is 0.888. The molecule has 19 heavy (non-hydrogen) atoms. The first-order chi connectivity index (χ1) is 9.36. The molecule has 0 spiro atoms. The van der Waals surface area contributed by atoms with E-state index in [0.29, 0.717) is 6.04 Å². The minimum atomic E-state index is 0.705. The summed E-state index contributed by atoms with van der Waals surface area (Å²) in [5.41, 5.74) is 3.72. The summed E-state index contributed by atoms with van der Waals surface area (Å²) in [6, 6.07) is 11.0. The van der Waals surface area contributed by atoms with Crippen LogP contribution in [0.15, 0.2) is 42.7 Å². The van der Waals surface area contributed by atoms with Crippen LogP contribution in [0.4, 0.5) is 0 Å². The van der Waals surface area contributed by atoms with Gasteiger partial charge in [0.1, 0.15) is 5.75 Å². The molecule has 0 amide bonds. The van der Waals surface area contributed by atoms with Crippen LogP contribution < -0.4 is 10.1 Å². The minimum Gasteiger partial charge on any atom is -0.497 e. The summed E-state index contributed by atoms with van der Waals surface area (Å²) >= 11 is 0. The lowest BCUT2D eigenvalue weighted by molar-refractivity contribution is 0.414. The largest absolute Gasteiger partial charge is 0.497 e. The molecular weight excluding hydrogens is 236 g/mol. The van der Waals surface area contributed by atoms with Gasteiger partial charge in [0.15, 0.2) is 0 Å². The summed E-state index contributed by atoms with van der Waals surface area (Å²) in [7, 11) is 1.71. The van der Waals surface area contributed by atoms with Gasteiger partial charge in [-0.3, -0.25) is 4.98 Å². The highest BCUT2D eigenvalue weighted by Gasteiger charge is 2.20. The molecule has 2 aromatic rings. The van der Waals surface area contributed by atoms with Crippen LogP contribution >= 0.6 is 0 Å². The van der Waals surface area contributed by atoms with Gasteiger partial charge in [0.05, 0.1) is 7.11 Å². The fraction of sp³-hybridized carbons (Fsp3) is 0.312. The molecule has 0 unspecified atom stereocenters. The van der Waals surface area contributed by atoms with Gasteiger partial charge in [-0.2, -0.15) is 0 Å². The van der Waals surface area contributed by atoms with E-state index in [-0.39, 0.29) is 0 Å². The van der Waals surface area contributed by atoms with E-state index in [9.17, 15) is 0 Å².